The topological polar surface area (TPSA) is 174 Å². The number of ether oxygens (including phenoxy) is 2. The van der Waals surface area contributed by atoms with Gasteiger partial charge in [-0.3, -0.25) is 9.59 Å². The van der Waals surface area contributed by atoms with Crippen LogP contribution in [-0.2, 0) is 0 Å². The van der Waals surface area contributed by atoms with Crippen molar-refractivity contribution in [2.75, 3.05) is 0 Å². The lowest BCUT2D eigenvalue weighted by Gasteiger charge is -2.31. The third-order valence-electron chi connectivity index (χ3n) is 7.08. The summed E-state index contributed by atoms with van der Waals surface area (Å²) in [5.41, 5.74) is 0.139. The highest BCUT2D eigenvalue weighted by Gasteiger charge is 2.39. The molecule has 4 aromatic carbocycles. The van der Waals surface area contributed by atoms with E-state index < -0.39 is 46.8 Å². The zero-order valence-electron chi connectivity index (χ0n) is 20.7. The monoisotopic (exact) mass is 542 g/mol. The summed E-state index contributed by atoms with van der Waals surface area (Å²) < 4.78 is 12.3. The van der Waals surface area contributed by atoms with Gasteiger partial charge >= 0.3 is 0 Å². The maximum Gasteiger partial charge on any atom is 0.174 e. The lowest BCUT2D eigenvalue weighted by atomic mass is 9.87. The van der Waals surface area contributed by atoms with Crippen molar-refractivity contribution in [1.29, 1.82) is 0 Å². The van der Waals surface area contributed by atoms with Crippen molar-refractivity contribution in [3.63, 3.8) is 0 Å². The summed E-state index contributed by atoms with van der Waals surface area (Å²) in [4.78, 5) is 26.4. The van der Waals surface area contributed by atoms with Crippen molar-refractivity contribution in [2.24, 2.45) is 0 Å². The molecule has 4 aromatic rings. The predicted molar refractivity (Wildman–Crippen MR) is 139 cm³/mol. The Balaban J connectivity index is 1.56. The summed E-state index contributed by atoms with van der Waals surface area (Å²) in [5.74, 6) is -3.76. The molecule has 10 nitrogen and oxygen atoms in total. The zero-order valence-corrected chi connectivity index (χ0v) is 20.7. The number of ketones is 2. The van der Waals surface area contributed by atoms with E-state index in [9.17, 15) is 40.2 Å². The van der Waals surface area contributed by atoms with Crippen LogP contribution in [0.2, 0.25) is 0 Å². The number of phenols is 6. The van der Waals surface area contributed by atoms with Gasteiger partial charge in [-0.15, -0.1) is 0 Å². The van der Waals surface area contributed by atoms with Crippen molar-refractivity contribution >= 4 is 11.6 Å². The molecule has 0 aliphatic carbocycles. The molecule has 2 heterocycles. The molecule has 2 atom stereocenters. The van der Waals surface area contributed by atoms with Gasteiger partial charge in [0.05, 0.1) is 24.0 Å². The maximum absolute atomic E-state index is 13.2. The van der Waals surface area contributed by atoms with E-state index in [2.05, 4.69) is 0 Å². The number of carbonyl (C=O) groups excluding carboxylic acids is 2. The van der Waals surface area contributed by atoms with Gasteiger partial charge in [0.1, 0.15) is 69.3 Å². The molecule has 2 aliphatic rings. The van der Waals surface area contributed by atoms with Crippen molar-refractivity contribution in [2.45, 2.75) is 25.0 Å². The average Bonchev–Trinajstić information content (AvgIpc) is 2.90. The number of fused-ring (bicyclic) bond motifs is 2. The van der Waals surface area contributed by atoms with Crippen LogP contribution in [0.3, 0.4) is 0 Å². The summed E-state index contributed by atoms with van der Waals surface area (Å²) >= 11 is 0. The van der Waals surface area contributed by atoms with E-state index in [1.807, 2.05) is 0 Å². The van der Waals surface area contributed by atoms with Crippen LogP contribution in [0.1, 0.15) is 56.9 Å². The van der Waals surface area contributed by atoms with Crippen LogP contribution in [-0.4, -0.2) is 42.2 Å². The Hall–Kier alpha value is -5.38. The van der Waals surface area contributed by atoms with E-state index >= 15 is 0 Å². The molecular formula is C30H22O10. The number of carbonyl (C=O) groups is 2. The molecule has 202 valence electrons. The number of aromatic hydroxyl groups is 6. The largest absolute Gasteiger partial charge is 0.508 e. The Labute approximate surface area is 226 Å². The van der Waals surface area contributed by atoms with E-state index in [0.717, 1.165) is 12.1 Å². The third kappa shape index (κ3) is 3.97. The number of hydrogen-bond acceptors (Lipinski definition) is 10. The van der Waals surface area contributed by atoms with Crippen LogP contribution in [0.15, 0.2) is 60.7 Å². The van der Waals surface area contributed by atoms with E-state index in [0.29, 0.717) is 11.1 Å². The number of rotatable bonds is 3. The van der Waals surface area contributed by atoms with Crippen LogP contribution >= 0.6 is 0 Å². The van der Waals surface area contributed by atoms with Crippen molar-refractivity contribution in [3.8, 4) is 57.1 Å². The summed E-state index contributed by atoms with van der Waals surface area (Å²) in [6.45, 7) is 0. The van der Waals surface area contributed by atoms with Crippen LogP contribution in [0, 0.1) is 0 Å². The molecular weight excluding hydrogens is 520 g/mol. The fourth-order valence-corrected chi connectivity index (χ4v) is 5.18. The zero-order chi connectivity index (χ0) is 28.3. The van der Waals surface area contributed by atoms with Gasteiger partial charge in [0, 0.05) is 12.1 Å². The van der Waals surface area contributed by atoms with Crippen LogP contribution in [0.4, 0.5) is 0 Å². The first-order valence-corrected chi connectivity index (χ1v) is 12.3. The number of hydrogen-bond donors (Lipinski definition) is 6. The molecule has 0 radical (unpaired) electrons. The molecule has 0 aromatic heterocycles. The summed E-state index contributed by atoms with van der Waals surface area (Å²) in [7, 11) is 0. The molecule has 6 rings (SSSR count). The fourth-order valence-electron chi connectivity index (χ4n) is 5.18. The Morgan fingerprint density at radius 2 is 0.825 bits per heavy atom. The van der Waals surface area contributed by atoms with Gasteiger partial charge in [-0.05, 0) is 35.4 Å². The average molecular weight is 542 g/mol. The van der Waals surface area contributed by atoms with E-state index in [1.54, 1.807) is 24.3 Å². The minimum Gasteiger partial charge on any atom is -0.508 e. The highest BCUT2D eigenvalue weighted by Crippen LogP contribution is 2.57. The minimum atomic E-state index is -0.872. The van der Waals surface area contributed by atoms with Gasteiger partial charge in [0.25, 0.3) is 0 Å². The molecule has 0 saturated carbocycles. The normalized spacial score (nSPS) is 17.9. The van der Waals surface area contributed by atoms with E-state index in [1.165, 1.54) is 24.3 Å². The predicted octanol–water partition coefficient (Wildman–Crippen LogP) is 5.00. The summed E-state index contributed by atoms with van der Waals surface area (Å²) in [6.07, 6.45) is -2.06. The second-order valence-corrected chi connectivity index (χ2v) is 9.64. The van der Waals surface area contributed by atoms with E-state index in [4.69, 9.17) is 9.47 Å². The van der Waals surface area contributed by atoms with E-state index in [-0.39, 0.29) is 58.1 Å². The molecule has 0 fully saturated rings. The Kier molecular flexibility index (Phi) is 5.69. The third-order valence-corrected chi connectivity index (χ3v) is 7.08. The smallest absolute Gasteiger partial charge is 0.174 e. The van der Waals surface area contributed by atoms with Gasteiger partial charge in [-0.25, -0.2) is 0 Å². The van der Waals surface area contributed by atoms with Gasteiger partial charge in [-0.1, -0.05) is 24.3 Å². The van der Waals surface area contributed by atoms with Gasteiger partial charge in [0.2, 0.25) is 0 Å². The molecule has 2 unspecified atom stereocenters. The fraction of sp³-hybridized carbons (Fsp3) is 0.133. The number of Topliss-reactive ketones (excluding diaryl/α,β-unsaturated/α-hetero) is 2. The maximum atomic E-state index is 13.2. The second-order valence-electron chi connectivity index (χ2n) is 9.64. The highest BCUT2D eigenvalue weighted by molar-refractivity contribution is 6.09. The lowest BCUT2D eigenvalue weighted by Crippen LogP contribution is -2.22. The Morgan fingerprint density at radius 3 is 1.18 bits per heavy atom. The number of benzene rings is 4. The van der Waals surface area contributed by atoms with Crippen LogP contribution in [0.5, 0.6) is 46.0 Å². The van der Waals surface area contributed by atoms with Gasteiger partial charge in [0.15, 0.2) is 11.6 Å². The van der Waals surface area contributed by atoms with Crippen molar-refractivity contribution in [1.82, 2.24) is 0 Å². The quantitative estimate of drug-likeness (QED) is 0.207. The Morgan fingerprint density at radius 1 is 0.500 bits per heavy atom. The molecule has 0 amide bonds. The lowest BCUT2D eigenvalue weighted by molar-refractivity contribution is 0.0831. The Bertz CT molecular complexity index is 1560. The van der Waals surface area contributed by atoms with Gasteiger partial charge < -0.3 is 40.1 Å². The first kappa shape index (κ1) is 24.9. The molecule has 0 saturated heterocycles. The molecule has 2 aliphatic heterocycles. The molecule has 0 spiro atoms. The molecule has 6 N–H and O–H groups in total. The van der Waals surface area contributed by atoms with Gasteiger partial charge in [-0.2, -0.15) is 0 Å². The first-order chi connectivity index (χ1) is 19.1. The summed E-state index contributed by atoms with van der Waals surface area (Å²) in [6, 6.07) is 13.8. The van der Waals surface area contributed by atoms with Crippen LogP contribution < -0.4 is 9.47 Å². The molecule has 40 heavy (non-hydrogen) atoms. The highest BCUT2D eigenvalue weighted by atomic mass is 16.5. The summed E-state index contributed by atoms with van der Waals surface area (Å²) in [5, 5.41) is 62.5. The van der Waals surface area contributed by atoms with Crippen molar-refractivity contribution < 1.29 is 49.7 Å². The minimum absolute atomic E-state index is 0.00732. The van der Waals surface area contributed by atoms with Crippen LogP contribution in [0.25, 0.3) is 11.1 Å². The standard InChI is InChI=1S/C30H22O10/c31-15-5-1-13(2-6-15)23-11-21(37)25-17(33)9-19(35)27(29(25)39-23)28-20(36)10-18(34)26-22(38)12-24(40-30(26)28)14-3-7-16(32)8-4-14/h1-10,23-24,31-36H,11-12H2. The molecule has 10 heteroatoms. The first-order valence-electron chi connectivity index (χ1n) is 12.3. The number of phenolic OH excluding ortho intramolecular Hbond substituents is 6. The SMILES string of the molecule is O=C1CC(c2ccc(O)cc2)Oc2c1c(O)cc(O)c2-c1c(O)cc(O)c2c1OC(c1ccc(O)cc1)CC2=O. The van der Waals surface area contributed by atoms with Crippen molar-refractivity contribution in [3.05, 3.63) is 82.9 Å². The molecule has 0 bridgehead atoms. The second kappa shape index (κ2) is 9.12.